The Morgan fingerprint density at radius 2 is 2.00 bits per heavy atom. The molecule has 2 N–H and O–H groups in total. The van der Waals surface area contributed by atoms with Crippen LogP contribution in [0.4, 0.5) is 0 Å². The molecule has 15 heavy (non-hydrogen) atoms. The minimum atomic E-state index is 0.137. The largest absolute Gasteiger partial charge is 0.379 e. The van der Waals surface area contributed by atoms with E-state index in [9.17, 15) is 0 Å². The quantitative estimate of drug-likeness (QED) is 0.687. The minimum absolute atomic E-state index is 0.137. The SMILES string of the molecule is CC(C)COCCOC1CC(N)C1(C)C. The first-order valence-electron chi connectivity index (χ1n) is 5.89. The average molecular weight is 215 g/mol. The van der Waals surface area contributed by atoms with Gasteiger partial charge in [0.2, 0.25) is 0 Å². The van der Waals surface area contributed by atoms with Crippen molar-refractivity contribution in [3.63, 3.8) is 0 Å². The van der Waals surface area contributed by atoms with Crippen molar-refractivity contribution in [1.82, 2.24) is 0 Å². The van der Waals surface area contributed by atoms with Crippen LogP contribution in [0.15, 0.2) is 0 Å². The van der Waals surface area contributed by atoms with Crippen molar-refractivity contribution in [2.45, 2.75) is 46.3 Å². The van der Waals surface area contributed by atoms with Crippen LogP contribution in [-0.2, 0) is 9.47 Å². The maximum atomic E-state index is 5.91. The van der Waals surface area contributed by atoms with E-state index in [1.165, 1.54) is 0 Å². The van der Waals surface area contributed by atoms with Gasteiger partial charge in [0.1, 0.15) is 0 Å². The summed E-state index contributed by atoms with van der Waals surface area (Å²) in [6.07, 6.45) is 1.30. The van der Waals surface area contributed by atoms with E-state index in [-0.39, 0.29) is 5.41 Å². The van der Waals surface area contributed by atoms with Gasteiger partial charge in [0.05, 0.1) is 19.3 Å². The van der Waals surface area contributed by atoms with Crippen molar-refractivity contribution in [2.24, 2.45) is 17.1 Å². The summed E-state index contributed by atoms with van der Waals surface area (Å²) < 4.78 is 11.2. The number of rotatable bonds is 6. The lowest BCUT2D eigenvalue weighted by Crippen LogP contribution is -2.59. The topological polar surface area (TPSA) is 44.5 Å². The second kappa shape index (κ2) is 5.28. The van der Waals surface area contributed by atoms with Gasteiger partial charge in [-0.15, -0.1) is 0 Å². The Labute approximate surface area is 93.3 Å². The molecule has 1 aliphatic carbocycles. The van der Waals surface area contributed by atoms with Crippen LogP contribution >= 0.6 is 0 Å². The molecule has 1 saturated carbocycles. The lowest BCUT2D eigenvalue weighted by molar-refractivity contribution is -0.119. The molecule has 3 heteroatoms. The molecule has 1 rings (SSSR count). The molecule has 0 aromatic heterocycles. The van der Waals surface area contributed by atoms with Gasteiger partial charge in [-0.3, -0.25) is 0 Å². The zero-order valence-electron chi connectivity index (χ0n) is 10.5. The summed E-state index contributed by atoms with van der Waals surface area (Å²) in [5, 5.41) is 0. The van der Waals surface area contributed by atoms with Crippen LogP contribution in [0.3, 0.4) is 0 Å². The highest BCUT2D eigenvalue weighted by molar-refractivity contribution is 5.00. The Kier molecular flexibility index (Phi) is 4.56. The van der Waals surface area contributed by atoms with Gasteiger partial charge in [0.25, 0.3) is 0 Å². The lowest BCUT2D eigenvalue weighted by Gasteiger charge is -2.49. The summed E-state index contributed by atoms with van der Waals surface area (Å²) in [5.74, 6) is 0.596. The molecule has 0 heterocycles. The maximum absolute atomic E-state index is 5.91. The van der Waals surface area contributed by atoms with Gasteiger partial charge in [-0.25, -0.2) is 0 Å². The molecule has 0 saturated heterocycles. The van der Waals surface area contributed by atoms with Gasteiger partial charge >= 0.3 is 0 Å². The van der Waals surface area contributed by atoms with Gasteiger partial charge < -0.3 is 15.2 Å². The number of ether oxygens (including phenoxy) is 2. The number of hydrogen-bond donors (Lipinski definition) is 1. The molecule has 2 atom stereocenters. The maximum Gasteiger partial charge on any atom is 0.0704 e. The van der Waals surface area contributed by atoms with Crippen LogP contribution in [0.2, 0.25) is 0 Å². The molecular weight excluding hydrogens is 190 g/mol. The normalized spacial score (nSPS) is 29.2. The van der Waals surface area contributed by atoms with Crippen molar-refractivity contribution < 1.29 is 9.47 Å². The summed E-state index contributed by atoms with van der Waals surface area (Å²) in [5.41, 5.74) is 6.04. The van der Waals surface area contributed by atoms with E-state index in [0.717, 1.165) is 13.0 Å². The molecule has 3 nitrogen and oxygen atoms in total. The van der Waals surface area contributed by atoms with Crippen molar-refractivity contribution >= 4 is 0 Å². The second-order valence-electron chi connectivity index (χ2n) is 5.49. The molecular formula is C12H25NO2. The molecule has 0 bridgehead atoms. The molecule has 1 fully saturated rings. The molecule has 0 spiro atoms. The molecule has 0 radical (unpaired) electrons. The fourth-order valence-corrected chi connectivity index (χ4v) is 1.77. The van der Waals surface area contributed by atoms with Gasteiger partial charge in [0.15, 0.2) is 0 Å². The van der Waals surface area contributed by atoms with Crippen LogP contribution in [0.25, 0.3) is 0 Å². The third-order valence-corrected chi connectivity index (χ3v) is 3.25. The molecule has 0 aromatic carbocycles. The van der Waals surface area contributed by atoms with Crippen LogP contribution < -0.4 is 5.73 Å². The molecule has 1 aliphatic rings. The minimum Gasteiger partial charge on any atom is -0.379 e. The van der Waals surface area contributed by atoms with E-state index in [2.05, 4.69) is 27.7 Å². The summed E-state index contributed by atoms with van der Waals surface area (Å²) in [6.45, 7) is 10.8. The second-order valence-corrected chi connectivity index (χ2v) is 5.49. The van der Waals surface area contributed by atoms with Gasteiger partial charge in [-0.1, -0.05) is 27.7 Å². The Hall–Kier alpha value is -0.120. The molecule has 90 valence electrons. The van der Waals surface area contributed by atoms with Gasteiger partial charge in [-0.2, -0.15) is 0 Å². The standard InChI is InChI=1S/C12H25NO2/c1-9(2)8-14-5-6-15-11-7-10(13)12(11,3)4/h9-11H,5-8,13H2,1-4H3. The predicted octanol–water partition coefficient (Wildman–Crippen LogP) is 1.80. The van der Waals surface area contributed by atoms with Gasteiger partial charge in [0, 0.05) is 18.1 Å². The highest BCUT2D eigenvalue weighted by Gasteiger charge is 2.46. The van der Waals surface area contributed by atoms with E-state index in [1.807, 2.05) is 0 Å². The third-order valence-electron chi connectivity index (χ3n) is 3.25. The molecule has 0 aliphatic heterocycles. The average Bonchev–Trinajstić information content (AvgIpc) is 2.15. The first-order chi connectivity index (χ1) is 6.94. The predicted molar refractivity (Wildman–Crippen MR) is 61.8 cm³/mol. The third kappa shape index (κ3) is 3.44. The van der Waals surface area contributed by atoms with Crippen LogP contribution in [0, 0.1) is 11.3 Å². The summed E-state index contributed by atoms with van der Waals surface area (Å²) in [7, 11) is 0. The van der Waals surface area contributed by atoms with Crippen molar-refractivity contribution in [3.05, 3.63) is 0 Å². The Bertz CT molecular complexity index is 192. The fraction of sp³-hybridized carbons (Fsp3) is 1.00. The highest BCUT2D eigenvalue weighted by Crippen LogP contribution is 2.41. The van der Waals surface area contributed by atoms with Crippen molar-refractivity contribution in [2.75, 3.05) is 19.8 Å². The fourth-order valence-electron chi connectivity index (χ4n) is 1.77. The molecule has 2 unspecified atom stereocenters. The molecule has 0 amide bonds. The Morgan fingerprint density at radius 3 is 2.47 bits per heavy atom. The van der Waals surface area contributed by atoms with Gasteiger partial charge in [-0.05, 0) is 12.3 Å². The van der Waals surface area contributed by atoms with Crippen molar-refractivity contribution in [1.29, 1.82) is 0 Å². The van der Waals surface area contributed by atoms with Crippen LogP contribution in [-0.4, -0.2) is 32.0 Å². The zero-order valence-corrected chi connectivity index (χ0v) is 10.5. The first kappa shape index (κ1) is 12.9. The van der Waals surface area contributed by atoms with E-state index in [0.29, 0.717) is 31.3 Å². The first-order valence-corrected chi connectivity index (χ1v) is 5.89. The van der Waals surface area contributed by atoms with Crippen molar-refractivity contribution in [3.8, 4) is 0 Å². The van der Waals surface area contributed by atoms with Crippen LogP contribution in [0.1, 0.15) is 34.1 Å². The number of nitrogens with two attached hydrogens (primary N) is 1. The highest BCUT2D eigenvalue weighted by atomic mass is 16.5. The van der Waals surface area contributed by atoms with E-state index < -0.39 is 0 Å². The summed E-state index contributed by atoms with van der Waals surface area (Å²) in [6, 6.07) is 0.291. The number of hydrogen-bond acceptors (Lipinski definition) is 3. The Morgan fingerprint density at radius 1 is 1.33 bits per heavy atom. The Balaban J connectivity index is 2.02. The lowest BCUT2D eigenvalue weighted by atomic mass is 9.65. The van der Waals surface area contributed by atoms with Crippen LogP contribution in [0.5, 0.6) is 0 Å². The summed E-state index contributed by atoms with van der Waals surface area (Å²) in [4.78, 5) is 0. The smallest absolute Gasteiger partial charge is 0.0704 e. The molecule has 0 aromatic rings. The zero-order chi connectivity index (χ0) is 11.5. The summed E-state index contributed by atoms with van der Waals surface area (Å²) >= 11 is 0. The monoisotopic (exact) mass is 215 g/mol. The van der Waals surface area contributed by atoms with E-state index in [1.54, 1.807) is 0 Å². The van der Waals surface area contributed by atoms with E-state index >= 15 is 0 Å². The van der Waals surface area contributed by atoms with E-state index in [4.69, 9.17) is 15.2 Å².